The fraction of sp³-hybridized carbons (Fsp3) is 0.133. The lowest BCUT2D eigenvalue weighted by Crippen LogP contribution is -2.20. The van der Waals surface area contributed by atoms with Crippen LogP contribution >= 0.6 is 0 Å². The number of nitrogens with one attached hydrogen (secondary N) is 1. The van der Waals surface area contributed by atoms with Gasteiger partial charge in [-0.2, -0.15) is 0 Å². The summed E-state index contributed by atoms with van der Waals surface area (Å²) in [4.78, 5) is 22.1. The van der Waals surface area contributed by atoms with Crippen molar-refractivity contribution < 1.29 is 14.5 Å². The van der Waals surface area contributed by atoms with E-state index in [1.54, 1.807) is 18.2 Å². The Balaban J connectivity index is 1.96. The largest absolute Gasteiger partial charge is 0.484 e. The number of aryl methyl sites for hydroxylation is 1. The molecule has 0 spiro atoms. The second kappa shape index (κ2) is 6.51. The van der Waals surface area contributed by atoms with Crippen LogP contribution in [0, 0.1) is 17.0 Å². The first-order chi connectivity index (χ1) is 10.1. The summed E-state index contributed by atoms with van der Waals surface area (Å²) in [6.07, 6.45) is 0. The minimum atomic E-state index is -0.545. The van der Waals surface area contributed by atoms with Gasteiger partial charge in [0.25, 0.3) is 11.6 Å². The second-order valence-corrected chi connectivity index (χ2v) is 4.42. The van der Waals surface area contributed by atoms with E-state index < -0.39 is 10.8 Å². The summed E-state index contributed by atoms with van der Waals surface area (Å²) >= 11 is 0. The summed E-state index contributed by atoms with van der Waals surface area (Å²) < 4.78 is 5.31. The molecule has 1 amide bonds. The van der Waals surface area contributed by atoms with Gasteiger partial charge in [0.1, 0.15) is 11.4 Å². The third-order valence-corrected chi connectivity index (χ3v) is 2.77. The molecule has 0 saturated carbocycles. The molecule has 2 rings (SSSR count). The Labute approximate surface area is 121 Å². The maximum Gasteiger partial charge on any atom is 0.292 e. The molecule has 6 nitrogen and oxygen atoms in total. The number of nitrogens with zero attached hydrogens (tertiary/aromatic N) is 1. The minimum absolute atomic E-state index is 0.152. The quantitative estimate of drug-likeness (QED) is 0.676. The van der Waals surface area contributed by atoms with E-state index in [0.717, 1.165) is 5.56 Å². The predicted molar refractivity (Wildman–Crippen MR) is 78.4 cm³/mol. The first kappa shape index (κ1) is 14.5. The molecule has 0 aliphatic carbocycles. The van der Waals surface area contributed by atoms with Crippen molar-refractivity contribution in [1.82, 2.24) is 0 Å². The zero-order valence-corrected chi connectivity index (χ0v) is 11.4. The van der Waals surface area contributed by atoms with Gasteiger partial charge in [-0.3, -0.25) is 14.9 Å². The van der Waals surface area contributed by atoms with E-state index >= 15 is 0 Å². The summed E-state index contributed by atoms with van der Waals surface area (Å²) in [5.41, 5.74) is 1.09. The van der Waals surface area contributed by atoms with Gasteiger partial charge in [-0.1, -0.05) is 29.8 Å². The molecule has 1 N–H and O–H groups in total. The standard InChI is InChI=1S/C15H14N2O4/c1-11-6-8-12(9-7-11)21-10-15(18)16-13-4-2-3-5-14(13)17(19)20/h2-9H,10H2,1H3,(H,16,18). The van der Waals surface area contributed by atoms with Gasteiger partial charge in [0, 0.05) is 6.07 Å². The van der Waals surface area contributed by atoms with Gasteiger partial charge in [-0.05, 0) is 25.1 Å². The molecule has 0 aromatic heterocycles. The van der Waals surface area contributed by atoms with Gasteiger partial charge < -0.3 is 10.1 Å². The first-order valence-corrected chi connectivity index (χ1v) is 6.29. The number of para-hydroxylation sites is 2. The highest BCUT2D eigenvalue weighted by Gasteiger charge is 2.14. The zero-order valence-electron chi connectivity index (χ0n) is 11.4. The van der Waals surface area contributed by atoms with Crippen LogP contribution < -0.4 is 10.1 Å². The zero-order chi connectivity index (χ0) is 15.2. The van der Waals surface area contributed by atoms with Gasteiger partial charge in [-0.15, -0.1) is 0 Å². The molecule has 0 radical (unpaired) electrons. The normalized spacial score (nSPS) is 9.95. The summed E-state index contributed by atoms with van der Waals surface area (Å²) in [5, 5.41) is 13.3. The topological polar surface area (TPSA) is 81.5 Å². The lowest BCUT2D eigenvalue weighted by molar-refractivity contribution is -0.383. The SMILES string of the molecule is Cc1ccc(OCC(=O)Nc2ccccc2[N+](=O)[O-])cc1. The lowest BCUT2D eigenvalue weighted by Gasteiger charge is -2.08. The molecule has 2 aromatic rings. The van der Waals surface area contributed by atoms with E-state index in [2.05, 4.69) is 5.32 Å². The predicted octanol–water partition coefficient (Wildman–Crippen LogP) is 2.92. The Morgan fingerprint density at radius 1 is 1.19 bits per heavy atom. The number of amides is 1. The molecular formula is C15H14N2O4. The number of ether oxygens (including phenoxy) is 1. The van der Waals surface area contributed by atoms with E-state index in [4.69, 9.17) is 4.74 Å². The fourth-order valence-corrected chi connectivity index (χ4v) is 1.71. The molecule has 0 fully saturated rings. The van der Waals surface area contributed by atoms with E-state index in [1.165, 1.54) is 18.2 Å². The number of nitro benzene ring substituents is 1. The van der Waals surface area contributed by atoms with E-state index in [-0.39, 0.29) is 18.0 Å². The van der Waals surface area contributed by atoms with Crippen LogP contribution in [0.2, 0.25) is 0 Å². The maximum absolute atomic E-state index is 11.8. The molecule has 0 heterocycles. The molecule has 2 aromatic carbocycles. The van der Waals surface area contributed by atoms with Crippen LogP contribution in [0.15, 0.2) is 48.5 Å². The molecule has 0 atom stereocenters. The van der Waals surface area contributed by atoms with Crippen LogP contribution in [0.5, 0.6) is 5.75 Å². The van der Waals surface area contributed by atoms with Crippen molar-refractivity contribution in [1.29, 1.82) is 0 Å². The number of anilines is 1. The van der Waals surface area contributed by atoms with Gasteiger partial charge in [0.2, 0.25) is 0 Å². The fourth-order valence-electron chi connectivity index (χ4n) is 1.71. The monoisotopic (exact) mass is 286 g/mol. The highest BCUT2D eigenvalue weighted by atomic mass is 16.6. The molecule has 0 aliphatic rings. The maximum atomic E-state index is 11.8. The molecule has 0 bridgehead atoms. The number of nitro groups is 1. The summed E-state index contributed by atoms with van der Waals surface area (Å²) in [5.74, 6) is 0.114. The van der Waals surface area contributed by atoms with Crippen LogP contribution in [0.4, 0.5) is 11.4 Å². The molecule has 0 aliphatic heterocycles. The van der Waals surface area contributed by atoms with Crippen LogP contribution in [0.1, 0.15) is 5.56 Å². The van der Waals surface area contributed by atoms with E-state index in [1.807, 2.05) is 19.1 Å². The number of carbonyl (C=O) groups excluding carboxylic acids is 1. The molecule has 0 saturated heterocycles. The van der Waals surface area contributed by atoms with E-state index in [0.29, 0.717) is 5.75 Å². The highest BCUT2D eigenvalue weighted by Crippen LogP contribution is 2.23. The van der Waals surface area contributed by atoms with Gasteiger partial charge in [-0.25, -0.2) is 0 Å². The summed E-state index contributed by atoms with van der Waals surface area (Å²) in [6.45, 7) is 1.74. The molecule has 108 valence electrons. The molecular weight excluding hydrogens is 272 g/mol. The third-order valence-electron chi connectivity index (χ3n) is 2.77. The number of carbonyl (C=O) groups is 1. The van der Waals surface area contributed by atoms with E-state index in [9.17, 15) is 14.9 Å². The van der Waals surface area contributed by atoms with Crippen LogP contribution in [-0.4, -0.2) is 17.4 Å². The number of hydrogen-bond acceptors (Lipinski definition) is 4. The Hall–Kier alpha value is -2.89. The Morgan fingerprint density at radius 2 is 1.86 bits per heavy atom. The van der Waals surface area contributed by atoms with Crippen LogP contribution in [0.25, 0.3) is 0 Å². The smallest absolute Gasteiger partial charge is 0.292 e. The minimum Gasteiger partial charge on any atom is -0.484 e. The van der Waals surface area contributed by atoms with Gasteiger partial charge >= 0.3 is 0 Å². The van der Waals surface area contributed by atoms with Crippen molar-refractivity contribution in [3.8, 4) is 5.75 Å². The second-order valence-electron chi connectivity index (χ2n) is 4.42. The Kier molecular flexibility index (Phi) is 4.50. The summed E-state index contributed by atoms with van der Waals surface area (Å²) in [7, 11) is 0. The number of hydrogen-bond donors (Lipinski definition) is 1. The van der Waals surface area contributed by atoms with Crippen molar-refractivity contribution in [3.63, 3.8) is 0 Å². The van der Waals surface area contributed by atoms with Gasteiger partial charge in [0.15, 0.2) is 6.61 Å². The first-order valence-electron chi connectivity index (χ1n) is 6.29. The number of benzene rings is 2. The Morgan fingerprint density at radius 3 is 2.52 bits per heavy atom. The third kappa shape index (κ3) is 4.04. The lowest BCUT2D eigenvalue weighted by atomic mass is 10.2. The number of rotatable bonds is 5. The van der Waals surface area contributed by atoms with Crippen molar-refractivity contribution in [2.75, 3.05) is 11.9 Å². The van der Waals surface area contributed by atoms with Crippen molar-refractivity contribution in [2.24, 2.45) is 0 Å². The summed E-state index contributed by atoms with van der Waals surface area (Å²) in [6, 6.07) is 13.2. The average Bonchev–Trinajstić information content (AvgIpc) is 2.47. The van der Waals surface area contributed by atoms with Crippen molar-refractivity contribution in [2.45, 2.75) is 6.92 Å². The van der Waals surface area contributed by atoms with Crippen LogP contribution in [-0.2, 0) is 4.79 Å². The molecule has 21 heavy (non-hydrogen) atoms. The van der Waals surface area contributed by atoms with Gasteiger partial charge in [0.05, 0.1) is 4.92 Å². The van der Waals surface area contributed by atoms with Crippen LogP contribution in [0.3, 0.4) is 0 Å². The Bertz CT molecular complexity index is 653. The van der Waals surface area contributed by atoms with Crippen molar-refractivity contribution in [3.05, 3.63) is 64.2 Å². The average molecular weight is 286 g/mol. The molecule has 6 heteroatoms. The molecule has 0 unspecified atom stereocenters. The highest BCUT2D eigenvalue weighted by molar-refractivity contribution is 5.94. The van der Waals surface area contributed by atoms with Crippen molar-refractivity contribution >= 4 is 17.3 Å².